The lowest BCUT2D eigenvalue weighted by Gasteiger charge is -2.23. The number of ether oxygens (including phenoxy) is 3. The number of hydrogen-bond donors (Lipinski definition) is 1. The largest absolute Gasteiger partial charge is 0.493 e. The fraction of sp³-hybridized carbons (Fsp3) is 0.478. The fourth-order valence-electron chi connectivity index (χ4n) is 3.82. The third-order valence-electron chi connectivity index (χ3n) is 5.47. The van der Waals surface area contributed by atoms with Crippen LogP contribution in [0.2, 0.25) is 0 Å². The molecule has 0 atom stereocenters. The van der Waals surface area contributed by atoms with Crippen LogP contribution >= 0.6 is 0 Å². The summed E-state index contributed by atoms with van der Waals surface area (Å²) in [4.78, 5) is 27.5. The highest BCUT2D eigenvalue weighted by atomic mass is 16.5. The van der Waals surface area contributed by atoms with Crippen LogP contribution in [0.4, 0.5) is 5.69 Å². The smallest absolute Gasteiger partial charge is 0.244 e. The van der Waals surface area contributed by atoms with Gasteiger partial charge in [-0.25, -0.2) is 0 Å². The molecule has 1 aliphatic rings. The monoisotopic (exact) mass is 429 g/mol. The molecule has 1 fully saturated rings. The number of aromatic nitrogens is 1. The summed E-state index contributed by atoms with van der Waals surface area (Å²) in [5, 5.41) is 2.88. The number of rotatable bonds is 8. The van der Waals surface area contributed by atoms with Crippen molar-refractivity contribution in [3.05, 3.63) is 46.4 Å². The number of nitrogens with one attached hydrogen (secondary N) is 1. The molecule has 1 aliphatic heterocycles. The maximum Gasteiger partial charge on any atom is 0.244 e. The highest BCUT2D eigenvalue weighted by Crippen LogP contribution is 2.29. The zero-order valence-electron chi connectivity index (χ0n) is 18.5. The lowest BCUT2D eigenvalue weighted by Crippen LogP contribution is -2.29. The Morgan fingerprint density at radius 3 is 2.26 bits per heavy atom. The van der Waals surface area contributed by atoms with Crippen molar-refractivity contribution < 1.29 is 19.0 Å². The number of likely N-dealkylation sites (tertiary alicyclic amines) is 1. The van der Waals surface area contributed by atoms with Gasteiger partial charge in [0.15, 0.2) is 17.2 Å². The second kappa shape index (κ2) is 10.9. The van der Waals surface area contributed by atoms with Gasteiger partial charge >= 0.3 is 0 Å². The van der Waals surface area contributed by atoms with Crippen molar-refractivity contribution in [2.24, 2.45) is 0 Å². The number of pyridine rings is 1. The minimum atomic E-state index is -0.213. The van der Waals surface area contributed by atoms with E-state index in [-0.39, 0.29) is 23.6 Å². The number of carbonyl (C=O) groups excluding carboxylic acids is 1. The molecule has 31 heavy (non-hydrogen) atoms. The molecule has 0 saturated carbocycles. The van der Waals surface area contributed by atoms with Gasteiger partial charge in [0.25, 0.3) is 0 Å². The summed E-state index contributed by atoms with van der Waals surface area (Å²) in [7, 11) is 4.57. The van der Waals surface area contributed by atoms with Gasteiger partial charge in [0.1, 0.15) is 6.54 Å². The Kier molecular flexibility index (Phi) is 7.94. The van der Waals surface area contributed by atoms with E-state index < -0.39 is 0 Å². The second-order valence-electron chi connectivity index (χ2n) is 7.63. The van der Waals surface area contributed by atoms with Crippen molar-refractivity contribution in [3.63, 3.8) is 0 Å². The Balaban J connectivity index is 1.78. The summed E-state index contributed by atoms with van der Waals surface area (Å²) >= 11 is 0. The van der Waals surface area contributed by atoms with E-state index >= 15 is 0 Å². The van der Waals surface area contributed by atoms with E-state index in [9.17, 15) is 9.59 Å². The van der Waals surface area contributed by atoms with Crippen molar-refractivity contribution in [1.82, 2.24) is 9.47 Å². The summed E-state index contributed by atoms with van der Waals surface area (Å²) < 4.78 is 17.5. The van der Waals surface area contributed by atoms with Crippen LogP contribution in [0.25, 0.3) is 0 Å². The van der Waals surface area contributed by atoms with Crippen LogP contribution in [0.5, 0.6) is 17.2 Å². The summed E-state index contributed by atoms with van der Waals surface area (Å²) in [5.74, 6) is 1.13. The van der Waals surface area contributed by atoms with Gasteiger partial charge in [-0.05, 0) is 38.1 Å². The van der Waals surface area contributed by atoms with Crippen LogP contribution in [-0.2, 0) is 17.9 Å². The standard InChI is InChI=1S/C23H31N3O5/c1-29-20-9-8-17(12-21(20)30-2)24-23(28)16-26-15-22(31-3)19(27)13-18(26)14-25-10-6-4-5-7-11-25/h8-9,12-13,15H,4-7,10-11,14,16H2,1-3H3,(H,24,28). The van der Waals surface area contributed by atoms with Gasteiger partial charge in [-0.2, -0.15) is 0 Å². The summed E-state index contributed by atoms with van der Waals surface area (Å²) in [5.41, 5.74) is 1.23. The van der Waals surface area contributed by atoms with E-state index in [1.165, 1.54) is 20.0 Å². The first-order valence-corrected chi connectivity index (χ1v) is 10.6. The highest BCUT2D eigenvalue weighted by molar-refractivity contribution is 5.91. The number of methoxy groups -OCH3 is 3. The Bertz CT molecular complexity index is 949. The van der Waals surface area contributed by atoms with E-state index in [2.05, 4.69) is 10.2 Å². The number of benzene rings is 1. The van der Waals surface area contributed by atoms with Crippen molar-refractivity contribution in [2.75, 3.05) is 39.7 Å². The van der Waals surface area contributed by atoms with Crippen molar-refractivity contribution >= 4 is 11.6 Å². The van der Waals surface area contributed by atoms with Gasteiger partial charge in [0.05, 0.1) is 27.5 Å². The minimum Gasteiger partial charge on any atom is -0.493 e. The SMILES string of the molecule is COc1ccc(NC(=O)Cn2cc(OC)c(=O)cc2CN2CCCCCC2)cc1OC. The van der Waals surface area contributed by atoms with Crippen LogP contribution in [0, 0.1) is 0 Å². The van der Waals surface area contributed by atoms with E-state index in [4.69, 9.17) is 14.2 Å². The maximum atomic E-state index is 12.8. The number of hydrogen-bond acceptors (Lipinski definition) is 6. The molecule has 0 aliphatic carbocycles. The molecule has 8 heteroatoms. The third kappa shape index (κ3) is 6.01. The van der Waals surface area contributed by atoms with Crippen molar-refractivity contribution in [3.8, 4) is 17.2 Å². The van der Waals surface area contributed by atoms with Crippen LogP contribution in [-0.4, -0.2) is 49.8 Å². The van der Waals surface area contributed by atoms with Crippen LogP contribution in [0.15, 0.2) is 35.3 Å². The lowest BCUT2D eigenvalue weighted by atomic mass is 10.2. The molecular weight excluding hydrogens is 398 g/mol. The molecule has 0 bridgehead atoms. The van der Waals surface area contributed by atoms with Crippen molar-refractivity contribution in [2.45, 2.75) is 38.8 Å². The molecule has 1 aromatic carbocycles. The molecule has 2 heterocycles. The maximum absolute atomic E-state index is 12.8. The molecule has 1 N–H and O–H groups in total. The predicted molar refractivity (Wildman–Crippen MR) is 119 cm³/mol. The van der Waals surface area contributed by atoms with Crippen LogP contribution < -0.4 is 25.0 Å². The first-order valence-electron chi connectivity index (χ1n) is 10.6. The Morgan fingerprint density at radius 2 is 1.61 bits per heavy atom. The number of carbonyl (C=O) groups is 1. The van der Waals surface area contributed by atoms with E-state index in [1.54, 1.807) is 49.2 Å². The van der Waals surface area contributed by atoms with Gasteiger partial charge in [-0.1, -0.05) is 12.8 Å². The minimum absolute atomic E-state index is 0.0636. The Morgan fingerprint density at radius 1 is 0.935 bits per heavy atom. The summed E-state index contributed by atoms with van der Waals surface area (Å²) in [6.07, 6.45) is 6.39. The molecule has 0 spiro atoms. The van der Waals surface area contributed by atoms with E-state index in [0.29, 0.717) is 23.7 Å². The topological polar surface area (TPSA) is 82.0 Å². The van der Waals surface area contributed by atoms with Crippen LogP contribution in [0.1, 0.15) is 31.4 Å². The molecule has 1 amide bonds. The zero-order chi connectivity index (χ0) is 22.2. The Labute approximate surface area is 182 Å². The summed E-state index contributed by atoms with van der Waals surface area (Å²) in [6.45, 7) is 2.69. The molecule has 1 saturated heterocycles. The number of amides is 1. The first-order chi connectivity index (χ1) is 15.0. The van der Waals surface area contributed by atoms with Crippen LogP contribution in [0.3, 0.4) is 0 Å². The van der Waals surface area contributed by atoms with E-state index in [1.807, 2.05) is 0 Å². The van der Waals surface area contributed by atoms with Gasteiger partial charge in [0, 0.05) is 30.1 Å². The van der Waals surface area contributed by atoms with Gasteiger partial charge < -0.3 is 24.1 Å². The molecule has 2 aromatic rings. The normalized spacial score (nSPS) is 14.5. The predicted octanol–water partition coefficient (Wildman–Crippen LogP) is 2.89. The molecule has 168 valence electrons. The first kappa shape index (κ1) is 22.7. The zero-order valence-corrected chi connectivity index (χ0v) is 18.5. The molecule has 3 rings (SSSR count). The molecule has 0 radical (unpaired) electrons. The average Bonchev–Trinajstić information content (AvgIpc) is 3.04. The quantitative estimate of drug-likeness (QED) is 0.695. The fourth-order valence-corrected chi connectivity index (χ4v) is 3.82. The van der Waals surface area contributed by atoms with Gasteiger partial charge in [-0.15, -0.1) is 0 Å². The Hall–Kier alpha value is -3.00. The number of nitrogens with zero attached hydrogens (tertiary/aromatic N) is 2. The average molecular weight is 430 g/mol. The molecular formula is C23H31N3O5. The van der Waals surface area contributed by atoms with Gasteiger partial charge in [0.2, 0.25) is 11.3 Å². The molecule has 0 unspecified atom stereocenters. The third-order valence-corrected chi connectivity index (χ3v) is 5.47. The molecule has 1 aromatic heterocycles. The summed E-state index contributed by atoms with van der Waals surface area (Å²) in [6, 6.07) is 6.78. The highest BCUT2D eigenvalue weighted by Gasteiger charge is 2.16. The van der Waals surface area contributed by atoms with Gasteiger partial charge in [-0.3, -0.25) is 14.5 Å². The van der Waals surface area contributed by atoms with E-state index in [0.717, 1.165) is 31.6 Å². The number of anilines is 1. The molecule has 8 nitrogen and oxygen atoms in total. The lowest BCUT2D eigenvalue weighted by molar-refractivity contribution is -0.116. The van der Waals surface area contributed by atoms with Crippen molar-refractivity contribution in [1.29, 1.82) is 0 Å². The second-order valence-corrected chi connectivity index (χ2v) is 7.63.